The van der Waals surface area contributed by atoms with E-state index in [9.17, 15) is 0 Å². The van der Waals surface area contributed by atoms with E-state index in [0.29, 0.717) is 0 Å². The second-order valence-electron chi connectivity index (χ2n) is 21.7. The summed E-state index contributed by atoms with van der Waals surface area (Å²) in [7, 11) is 0. The fraction of sp³-hybridized carbons (Fsp3) is 1.00. The molecule has 0 aromatic heterocycles. The molecule has 0 heterocycles. The van der Waals surface area contributed by atoms with E-state index in [1.54, 1.807) is 193 Å². The van der Waals surface area contributed by atoms with Crippen molar-refractivity contribution >= 4 is 0 Å². The van der Waals surface area contributed by atoms with Crippen LogP contribution in [0.1, 0.15) is 193 Å². The van der Waals surface area contributed by atoms with Crippen molar-refractivity contribution in [2.45, 2.75) is 193 Å². The summed E-state index contributed by atoms with van der Waals surface area (Å²) < 4.78 is 0. The molecule has 0 aromatic carbocycles. The lowest BCUT2D eigenvalue weighted by atomic mass is 9.45. The summed E-state index contributed by atoms with van der Waals surface area (Å²) in [6, 6.07) is 0. The second kappa shape index (κ2) is 14.1. The Morgan fingerprint density at radius 3 is 0.854 bits per heavy atom. The van der Waals surface area contributed by atoms with Crippen LogP contribution in [0, 0.1) is 107 Å². The van der Waals surface area contributed by atoms with E-state index in [1.165, 1.54) is 0 Å². The second-order valence-corrected chi connectivity index (χ2v) is 21.7. The highest BCUT2D eigenvalue weighted by Gasteiger charge is 2.56. The van der Waals surface area contributed by atoms with Gasteiger partial charge in [-0.2, -0.15) is 0 Å². The molecule has 10 rings (SSSR count). The Hall–Kier alpha value is 0. The molecule has 0 saturated heterocycles. The third-order valence-electron chi connectivity index (χ3n) is 20.1. The Morgan fingerprint density at radius 1 is 0.167 bits per heavy atom. The lowest BCUT2D eigenvalue weighted by Gasteiger charge is -2.60. The molecule has 10 aliphatic rings. The van der Waals surface area contributed by atoms with Crippen LogP contribution < -0.4 is 0 Å². The standard InChI is InChI=1S/C48H78/c1-5-17-38-33(15-1)29-46(44-23-11-9-21-42(38)44)35-26-36(47-30-34-16-2-6-18-39(34)43-22-10-12-24-45(43)47)28-37(27-35)48-40-19-7-3-13-31(40)25-32-14-4-8-20-41(32)48/h31-48H,1-30H2. The van der Waals surface area contributed by atoms with Crippen LogP contribution in [0.15, 0.2) is 0 Å². The van der Waals surface area contributed by atoms with Crippen LogP contribution in [0.25, 0.3) is 0 Å². The van der Waals surface area contributed by atoms with Crippen molar-refractivity contribution in [3.63, 3.8) is 0 Å². The Morgan fingerprint density at radius 2 is 0.438 bits per heavy atom. The van der Waals surface area contributed by atoms with Gasteiger partial charge in [-0.1, -0.05) is 103 Å². The number of hydrogen-bond donors (Lipinski definition) is 0. The molecule has 0 amide bonds. The van der Waals surface area contributed by atoms with Gasteiger partial charge < -0.3 is 0 Å². The average Bonchev–Trinajstić information content (AvgIpc) is 3.16. The van der Waals surface area contributed by atoms with Gasteiger partial charge in [0.2, 0.25) is 0 Å². The summed E-state index contributed by atoms with van der Waals surface area (Å²) in [5.41, 5.74) is 0. The van der Waals surface area contributed by atoms with Gasteiger partial charge in [0.05, 0.1) is 0 Å². The average molecular weight is 655 g/mol. The van der Waals surface area contributed by atoms with E-state index in [2.05, 4.69) is 0 Å². The molecular formula is C48H78. The maximum atomic E-state index is 1.71. The lowest BCUT2D eigenvalue weighted by molar-refractivity contribution is -0.104. The largest absolute Gasteiger partial charge is 0.0530 e. The van der Waals surface area contributed by atoms with Crippen molar-refractivity contribution in [2.24, 2.45) is 107 Å². The Balaban J connectivity index is 1.00. The summed E-state index contributed by atoms with van der Waals surface area (Å²) in [6.45, 7) is 0. The number of fused-ring (bicyclic) bond motifs is 8. The zero-order valence-electron chi connectivity index (χ0n) is 31.6. The van der Waals surface area contributed by atoms with Crippen LogP contribution in [0.2, 0.25) is 0 Å². The lowest BCUT2D eigenvalue weighted by Crippen LogP contribution is -2.52. The van der Waals surface area contributed by atoms with Gasteiger partial charge in [-0.25, -0.2) is 0 Å². The van der Waals surface area contributed by atoms with Gasteiger partial charge in [0.1, 0.15) is 0 Å². The van der Waals surface area contributed by atoms with Gasteiger partial charge in [0.25, 0.3) is 0 Å². The van der Waals surface area contributed by atoms with Crippen molar-refractivity contribution in [2.75, 3.05) is 0 Å². The van der Waals surface area contributed by atoms with Crippen LogP contribution in [-0.2, 0) is 0 Å². The highest BCUT2D eigenvalue weighted by atomic mass is 14.6. The first-order valence-corrected chi connectivity index (χ1v) is 23.8. The molecule has 0 nitrogen and oxygen atoms in total. The SMILES string of the molecule is C1CCC2C(C1)CC(C1CC(C3CC4CCCCC4C4CCCCC34)CC(C3C4CCCCC4CC4CCCCC43)C1)C1CCCCC21. The first kappa shape index (κ1) is 32.6. The molecule has 0 aliphatic heterocycles. The molecule has 0 bridgehead atoms. The smallest absolute Gasteiger partial charge is 0.0324 e. The van der Waals surface area contributed by atoms with Gasteiger partial charge in [-0.05, 0) is 196 Å². The molecule has 0 aromatic rings. The summed E-state index contributed by atoms with van der Waals surface area (Å²) in [5.74, 6) is 20.3. The zero-order chi connectivity index (χ0) is 31.6. The molecule has 16 atom stereocenters. The van der Waals surface area contributed by atoms with Crippen LogP contribution in [-0.4, -0.2) is 0 Å². The quantitative estimate of drug-likeness (QED) is 0.284. The molecule has 10 fully saturated rings. The highest BCUT2D eigenvalue weighted by molar-refractivity contribution is 5.05. The molecule has 0 radical (unpaired) electrons. The predicted octanol–water partition coefficient (Wildman–Crippen LogP) is 13.9. The Labute approximate surface area is 298 Å². The van der Waals surface area contributed by atoms with E-state index in [1.807, 2.05) is 0 Å². The van der Waals surface area contributed by atoms with Crippen molar-refractivity contribution in [1.82, 2.24) is 0 Å². The highest BCUT2D eigenvalue weighted by Crippen LogP contribution is 2.64. The van der Waals surface area contributed by atoms with Gasteiger partial charge in [-0.3, -0.25) is 0 Å². The third-order valence-corrected chi connectivity index (χ3v) is 20.1. The molecule has 0 spiro atoms. The summed E-state index contributed by atoms with van der Waals surface area (Å²) >= 11 is 0. The molecule has 0 N–H and O–H groups in total. The first-order chi connectivity index (χ1) is 23.8. The first-order valence-electron chi connectivity index (χ1n) is 23.8. The maximum absolute atomic E-state index is 1.71. The minimum Gasteiger partial charge on any atom is -0.0530 e. The summed E-state index contributed by atoms with van der Waals surface area (Å²) in [6.07, 6.45) is 48.7. The summed E-state index contributed by atoms with van der Waals surface area (Å²) in [5, 5.41) is 0. The Bertz CT molecular complexity index is 994. The molecule has 10 aliphatic carbocycles. The molecule has 0 heteroatoms. The van der Waals surface area contributed by atoms with Crippen molar-refractivity contribution in [1.29, 1.82) is 0 Å². The minimum absolute atomic E-state index is 1.11. The molecule has 10 saturated carbocycles. The van der Waals surface area contributed by atoms with E-state index < -0.39 is 0 Å². The normalized spacial score (nSPS) is 55.5. The van der Waals surface area contributed by atoms with Crippen LogP contribution >= 0.6 is 0 Å². The van der Waals surface area contributed by atoms with Gasteiger partial charge in [-0.15, -0.1) is 0 Å². The molecule has 270 valence electrons. The van der Waals surface area contributed by atoms with E-state index in [4.69, 9.17) is 0 Å². The fourth-order valence-corrected chi connectivity index (χ4v) is 18.8. The fourth-order valence-electron chi connectivity index (χ4n) is 18.8. The maximum Gasteiger partial charge on any atom is -0.0324 e. The molecule has 48 heavy (non-hydrogen) atoms. The Kier molecular flexibility index (Phi) is 9.58. The van der Waals surface area contributed by atoms with E-state index in [0.717, 1.165) is 107 Å². The molecule has 16 unspecified atom stereocenters. The van der Waals surface area contributed by atoms with Crippen molar-refractivity contribution in [3.8, 4) is 0 Å². The number of hydrogen-bond acceptors (Lipinski definition) is 0. The van der Waals surface area contributed by atoms with Crippen LogP contribution in [0.3, 0.4) is 0 Å². The number of rotatable bonds is 3. The van der Waals surface area contributed by atoms with Crippen molar-refractivity contribution < 1.29 is 0 Å². The van der Waals surface area contributed by atoms with Gasteiger partial charge in [0.15, 0.2) is 0 Å². The zero-order valence-corrected chi connectivity index (χ0v) is 31.6. The minimum atomic E-state index is 1.11. The third kappa shape index (κ3) is 5.87. The molecular weight excluding hydrogens is 577 g/mol. The van der Waals surface area contributed by atoms with Gasteiger partial charge in [0, 0.05) is 0 Å². The summed E-state index contributed by atoms with van der Waals surface area (Å²) in [4.78, 5) is 0. The van der Waals surface area contributed by atoms with E-state index in [-0.39, 0.29) is 0 Å². The van der Waals surface area contributed by atoms with Crippen LogP contribution in [0.4, 0.5) is 0 Å². The van der Waals surface area contributed by atoms with Gasteiger partial charge >= 0.3 is 0 Å². The monoisotopic (exact) mass is 655 g/mol. The van der Waals surface area contributed by atoms with Crippen molar-refractivity contribution in [3.05, 3.63) is 0 Å². The predicted molar refractivity (Wildman–Crippen MR) is 201 cm³/mol. The topological polar surface area (TPSA) is 0 Å². The van der Waals surface area contributed by atoms with E-state index >= 15 is 0 Å². The van der Waals surface area contributed by atoms with Crippen LogP contribution in [0.5, 0.6) is 0 Å².